The van der Waals surface area contributed by atoms with Gasteiger partial charge in [-0.25, -0.2) is 4.79 Å². The van der Waals surface area contributed by atoms with Crippen molar-refractivity contribution >= 4 is 17.8 Å². The van der Waals surface area contributed by atoms with Gasteiger partial charge in [0.05, 0.1) is 29.5 Å². The van der Waals surface area contributed by atoms with Crippen molar-refractivity contribution in [1.29, 1.82) is 0 Å². The molecule has 0 aliphatic carbocycles. The number of esters is 1. The van der Waals surface area contributed by atoms with E-state index in [2.05, 4.69) is 6.58 Å². The third kappa shape index (κ3) is 2.86. The van der Waals surface area contributed by atoms with E-state index in [0.717, 1.165) is 4.90 Å². The van der Waals surface area contributed by atoms with Crippen molar-refractivity contribution < 1.29 is 23.5 Å². The van der Waals surface area contributed by atoms with E-state index in [4.69, 9.17) is 9.15 Å². The number of carbonyl (C=O) groups excluding carboxylic acids is 3. The van der Waals surface area contributed by atoms with Crippen molar-refractivity contribution in [2.75, 3.05) is 6.61 Å². The van der Waals surface area contributed by atoms with Crippen molar-refractivity contribution in [3.05, 3.63) is 71.2 Å². The maximum absolute atomic E-state index is 12.5. The van der Waals surface area contributed by atoms with Gasteiger partial charge in [-0.3, -0.25) is 14.5 Å². The normalized spacial score (nSPS) is 13.1. The first kappa shape index (κ1) is 15.7. The summed E-state index contributed by atoms with van der Waals surface area (Å²) in [5.41, 5.74) is 1.38. The Labute approximate surface area is 138 Å². The summed E-state index contributed by atoms with van der Waals surface area (Å²) < 4.78 is 10.2. The zero-order valence-electron chi connectivity index (χ0n) is 13.1. The lowest BCUT2D eigenvalue weighted by atomic mass is 10.1. The lowest BCUT2D eigenvalue weighted by Crippen LogP contribution is -2.28. The van der Waals surface area contributed by atoms with Crippen LogP contribution in [-0.2, 0) is 11.3 Å². The summed E-state index contributed by atoms with van der Waals surface area (Å²) in [6.07, 6.45) is 1.48. The number of carbonyl (C=O) groups is 3. The molecule has 0 bridgehead atoms. The summed E-state index contributed by atoms with van der Waals surface area (Å²) in [6, 6.07) is 7.70. The van der Waals surface area contributed by atoms with Crippen LogP contribution in [0.25, 0.3) is 0 Å². The van der Waals surface area contributed by atoms with E-state index in [1.807, 2.05) is 0 Å². The zero-order chi connectivity index (χ0) is 17.3. The summed E-state index contributed by atoms with van der Waals surface area (Å²) in [5, 5.41) is 0. The van der Waals surface area contributed by atoms with Crippen LogP contribution in [0.4, 0.5) is 0 Å². The molecule has 2 heterocycles. The van der Waals surface area contributed by atoms with E-state index >= 15 is 0 Å². The molecule has 0 unspecified atom stereocenters. The molecular formula is C18H15NO5. The molecule has 0 radical (unpaired) electrons. The number of nitrogens with zero attached hydrogens (tertiary/aromatic N) is 1. The van der Waals surface area contributed by atoms with Gasteiger partial charge in [-0.2, -0.15) is 0 Å². The maximum atomic E-state index is 12.5. The molecule has 0 fully saturated rings. The molecular weight excluding hydrogens is 310 g/mol. The molecule has 0 N–H and O–H groups in total. The average molecular weight is 325 g/mol. The van der Waals surface area contributed by atoms with Crippen LogP contribution < -0.4 is 0 Å². The first-order valence-corrected chi connectivity index (χ1v) is 7.31. The van der Waals surface area contributed by atoms with Crippen LogP contribution in [0, 0.1) is 0 Å². The summed E-state index contributed by atoms with van der Waals surface area (Å²) in [6.45, 7) is 5.55. The van der Waals surface area contributed by atoms with E-state index in [1.165, 1.54) is 24.5 Å². The van der Waals surface area contributed by atoms with Crippen molar-refractivity contribution in [3.8, 4) is 0 Å². The Morgan fingerprint density at radius 2 is 1.96 bits per heavy atom. The Bertz CT molecular complexity index is 835. The van der Waals surface area contributed by atoms with E-state index in [1.54, 1.807) is 19.1 Å². The Morgan fingerprint density at radius 3 is 2.62 bits per heavy atom. The van der Waals surface area contributed by atoms with Gasteiger partial charge in [0.15, 0.2) is 0 Å². The molecule has 1 aromatic heterocycles. The van der Waals surface area contributed by atoms with Gasteiger partial charge in [0.1, 0.15) is 12.4 Å². The Kier molecular flexibility index (Phi) is 4.04. The number of fused-ring (bicyclic) bond motifs is 1. The topological polar surface area (TPSA) is 76.8 Å². The molecule has 1 aliphatic rings. The summed E-state index contributed by atoms with van der Waals surface area (Å²) in [4.78, 5) is 37.9. The standard InChI is InChI=1S/C18H15NO5/c1-11(2)10-24-18(22)12-5-6-14-15(8-12)17(21)19(16(14)20)9-13-4-3-7-23-13/h3-8H,1,9-10H2,2H3. The van der Waals surface area contributed by atoms with Crippen LogP contribution in [0.1, 0.15) is 43.8 Å². The number of rotatable bonds is 5. The number of amides is 2. The second-order valence-corrected chi connectivity index (χ2v) is 5.57. The first-order valence-electron chi connectivity index (χ1n) is 7.31. The SMILES string of the molecule is C=C(C)COC(=O)c1ccc2c(c1)C(=O)N(Cc1ccco1)C2=O. The molecule has 122 valence electrons. The predicted octanol–water partition coefficient (Wildman–Crippen LogP) is 2.81. The molecule has 24 heavy (non-hydrogen) atoms. The first-order chi connectivity index (χ1) is 11.5. The Hall–Kier alpha value is -3.15. The highest BCUT2D eigenvalue weighted by atomic mass is 16.5. The lowest BCUT2D eigenvalue weighted by molar-refractivity contribution is 0.0539. The van der Waals surface area contributed by atoms with Crippen LogP contribution in [0.2, 0.25) is 0 Å². The number of furan rings is 1. The quantitative estimate of drug-likeness (QED) is 0.480. The molecule has 2 amide bonds. The fourth-order valence-electron chi connectivity index (χ4n) is 2.39. The Morgan fingerprint density at radius 1 is 1.21 bits per heavy atom. The van der Waals surface area contributed by atoms with Gasteiger partial charge in [0.25, 0.3) is 11.8 Å². The van der Waals surface area contributed by atoms with Crippen molar-refractivity contribution in [2.24, 2.45) is 0 Å². The molecule has 0 saturated carbocycles. The van der Waals surface area contributed by atoms with Gasteiger partial charge in [-0.1, -0.05) is 6.58 Å². The van der Waals surface area contributed by atoms with Gasteiger partial charge in [-0.05, 0) is 42.8 Å². The molecule has 3 rings (SSSR count). The van der Waals surface area contributed by atoms with Crippen molar-refractivity contribution in [1.82, 2.24) is 4.90 Å². The molecule has 1 aliphatic heterocycles. The third-order valence-electron chi connectivity index (χ3n) is 3.55. The third-order valence-corrected chi connectivity index (χ3v) is 3.55. The van der Waals surface area contributed by atoms with Gasteiger partial charge >= 0.3 is 5.97 Å². The minimum absolute atomic E-state index is 0.0504. The fraction of sp³-hybridized carbons (Fsp3) is 0.167. The maximum Gasteiger partial charge on any atom is 0.338 e. The molecule has 0 saturated heterocycles. The highest BCUT2D eigenvalue weighted by Crippen LogP contribution is 2.26. The number of imide groups is 1. The van der Waals surface area contributed by atoms with Crippen LogP contribution in [0.3, 0.4) is 0 Å². The average Bonchev–Trinajstić information content (AvgIpc) is 3.15. The minimum Gasteiger partial charge on any atom is -0.467 e. The minimum atomic E-state index is -0.564. The lowest BCUT2D eigenvalue weighted by Gasteiger charge is -2.11. The summed E-state index contributed by atoms with van der Waals surface area (Å²) >= 11 is 0. The predicted molar refractivity (Wildman–Crippen MR) is 84.5 cm³/mol. The molecule has 1 aromatic carbocycles. The summed E-state index contributed by atoms with van der Waals surface area (Å²) in [7, 11) is 0. The molecule has 6 heteroatoms. The number of benzene rings is 1. The van der Waals surface area contributed by atoms with Crippen LogP contribution >= 0.6 is 0 Å². The van der Waals surface area contributed by atoms with Gasteiger partial charge in [-0.15, -0.1) is 0 Å². The van der Waals surface area contributed by atoms with E-state index < -0.39 is 17.8 Å². The monoisotopic (exact) mass is 325 g/mol. The summed E-state index contributed by atoms with van der Waals surface area (Å²) in [5.74, 6) is -0.926. The van der Waals surface area contributed by atoms with Crippen molar-refractivity contribution in [3.63, 3.8) is 0 Å². The molecule has 0 spiro atoms. The van der Waals surface area contributed by atoms with Gasteiger partial charge in [0.2, 0.25) is 0 Å². The van der Waals surface area contributed by atoms with E-state index in [-0.39, 0.29) is 29.8 Å². The largest absolute Gasteiger partial charge is 0.467 e. The molecule has 0 atom stereocenters. The van der Waals surface area contributed by atoms with Gasteiger partial charge < -0.3 is 9.15 Å². The number of hydrogen-bond acceptors (Lipinski definition) is 5. The van der Waals surface area contributed by atoms with Gasteiger partial charge in [0, 0.05) is 0 Å². The van der Waals surface area contributed by atoms with Crippen molar-refractivity contribution in [2.45, 2.75) is 13.5 Å². The number of hydrogen-bond donors (Lipinski definition) is 0. The fourth-order valence-corrected chi connectivity index (χ4v) is 2.39. The van der Waals surface area contributed by atoms with E-state index in [0.29, 0.717) is 11.3 Å². The second kappa shape index (κ2) is 6.16. The number of ether oxygens (including phenoxy) is 1. The smallest absolute Gasteiger partial charge is 0.338 e. The second-order valence-electron chi connectivity index (χ2n) is 5.57. The van der Waals surface area contributed by atoms with E-state index in [9.17, 15) is 14.4 Å². The zero-order valence-corrected chi connectivity index (χ0v) is 13.1. The highest BCUT2D eigenvalue weighted by Gasteiger charge is 2.36. The Balaban J connectivity index is 1.83. The molecule has 6 nitrogen and oxygen atoms in total. The molecule has 2 aromatic rings. The van der Waals surface area contributed by atoms with Crippen LogP contribution in [0.15, 0.2) is 53.2 Å². The van der Waals surface area contributed by atoms with Crippen LogP contribution in [0.5, 0.6) is 0 Å². The highest BCUT2D eigenvalue weighted by molar-refractivity contribution is 6.21. The van der Waals surface area contributed by atoms with Crippen LogP contribution in [-0.4, -0.2) is 29.3 Å².